The van der Waals surface area contributed by atoms with Crippen LogP contribution in [0.5, 0.6) is 0 Å². The molecule has 2 aromatic rings. The number of unbranched alkanes of at least 4 members (excludes halogenated alkanes) is 1. The topological polar surface area (TPSA) is 40.5 Å². The van der Waals surface area contributed by atoms with Crippen LogP contribution >= 0.6 is 0 Å². The van der Waals surface area contributed by atoms with Gasteiger partial charge >= 0.3 is 0 Å². The van der Waals surface area contributed by atoms with Gasteiger partial charge in [-0.3, -0.25) is 4.79 Å². The van der Waals surface area contributed by atoms with Crippen molar-refractivity contribution in [3.63, 3.8) is 0 Å². The summed E-state index contributed by atoms with van der Waals surface area (Å²) in [6.07, 6.45) is 2.50. The summed E-state index contributed by atoms with van der Waals surface area (Å²) >= 11 is 0. The van der Waals surface area contributed by atoms with Crippen molar-refractivity contribution in [1.29, 1.82) is 0 Å². The number of amides is 1. The van der Waals surface area contributed by atoms with E-state index in [2.05, 4.69) is 19.1 Å². The first-order valence-electron chi connectivity index (χ1n) is 8.33. The molecular weight excluding hydrogens is 286 g/mol. The zero-order chi connectivity index (χ0) is 16.2. The normalized spacial score (nSPS) is 14.6. The Morgan fingerprint density at radius 2 is 1.87 bits per heavy atom. The predicted molar refractivity (Wildman–Crippen MR) is 90.9 cm³/mol. The lowest BCUT2D eigenvalue weighted by molar-refractivity contribution is 0.0751. The number of aliphatic hydroxyl groups is 1. The molecule has 120 valence electrons. The van der Waals surface area contributed by atoms with Crippen LogP contribution in [0, 0.1) is 0 Å². The molecule has 3 heteroatoms. The lowest BCUT2D eigenvalue weighted by atomic mass is 10.00. The Balaban J connectivity index is 1.72. The molecule has 0 bridgehead atoms. The van der Waals surface area contributed by atoms with Crippen LogP contribution in [-0.2, 0) is 13.1 Å². The largest absolute Gasteiger partial charge is 0.388 e. The number of rotatable bonds is 5. The molecule has 1 amide bonds. The minimum atomic E-state index is -0.404. The molecule has 1 atom stereocenters. The molecule has 23 heavy (non-hydrogen) atoms. The molecule has 1 N–H and O–H groups in total. The first kappa shape index (κ1) is 15.8. The summed E-state index contributed by atoms with van der Waals surface area (Å²) in [5.41, 5.74) is 4.03. The lowest BCUT2D eigenvalue weighted by Crippen LogP contribution is -2.25. The fourth-order valence-electron chi connectivity index (χ4n) is 3.09. The Kier molecular flexibility index (Phi) is 4.77. The number of carbonyl (C=O) groups excluding carboxylic acids is 1. The van der Waals surface area contributed by atoms with Crippen LogP contribution in [-0.4, -0.2) is 15.9 Å². The quantitative estimate of drug-likeness (QED) is 0.904. The van der Waals surface area contributed by atoms with Crippen molar-refractivity contribution in [3.05, 3.63) is 70.8 Å². The van der Waals surface area contributed by atoms with Gasteiger partial charge in [-0.2, -0.15) is 0 Å². The highest BCUT2D eigenvalue weighted by molar-refractivity contribution is 5.94. The number of nitrogens with zero attached hydrogens (tertiary/aromatic N) is 1. The molecule has 3 rings (SSSR count). The molecule has 1 unspecified atom stereocenters. The Bertz CT molecular complexity index is 681. The maximum Gasteiger partial charge on any atom is 0.254 e. The third-order valence-electron chi connectivity index (χ3n) is 4.48. The van der Waals surface area contributed by atoms with Crippen molar-refractivity contribution in [2.45, 2.75) is 45.4 Å². The first-order valence-corrected chi connectivity index (χ1v) is 8.33. The highest BCUT2D eigenvalue weighted by atomic mass is 16.3. The minimum absolute atomic E-state index is 0.0647. The lowest BCUT2D eigenvalue weighted by Gasteiger charge is -2.15. The Labute approximate surface area is 137 Å². The van der Waals surface area contributed by atoms with Crippen molar-refractivity contribution in [2.75, 3.05) is 0 Å². The van der Waals surface area contributed by atoms with Gasteiger partial charge in [-0.15, -0.1) is 0 Å². The summed E-state index contributed by atoms with van der Waals surface area (Å²) in [4.78, 5) is 14.4. The van der Waals surface area contributed by atoms with E-state index in [1.165, 1.54) is 5.56 Å². The average Bonchev–Trinajstić information content (AvgIpc) is 3.02. The van der Waals surface area contributed by atoms with Gasteiger partial charge in [0.05, 0.1) is 6.10 Å². The van der Waals surface area contributed by atoms with Gasteiger partial charge in [0.25, 0.3) is 5.91 Å². The zero-order valence-electron chi connectivity index (χ0n) is 13.5. The summed E-state index contributed by atoms with van der Waals surface area (Å²) in [5, 5.41) is 10.3. The van der Waals surface area contributed by atoms with E-state index in [4.69, 9.17) is 0 Å². The molecule has 1 aliphatic rings. The Hall–Kier alpha value is -2.13. The van der Waals surface area contributed by atoms with Crippen molar-refractivity contribution in [1.82, 2.24) is 4.90 Å². The molecule has 0 spiro atoms. The van der Waals surface area contributed by atoms with Crippen molar-refractivity contribution < 1.29 is 9.90 Å². The van der Waals surface area contributed by atoms with Crippen molar-refractivity contribution in [2.24, 2.45) is 0 Å². The summed E-state index contributed by atoms with van der Waals surface area (Å²) in [6.45, 7) is 3.40. The third kappa shape index (κ3) is 3.45. The van der Waals surface area contributed by atoms with Gasteiger partial charge in [-0.1, -0.05) is 56.2 Å². The summed E-state index contributed by atoms with van der Waals surface area (Å²) in [7, 11) is 0. The van der Waals surface area contributed by atoms with Gasteiger partial charge in [-0.25, -0.2) is 0 Å². The van der Waals surface area contributed by atoms with Gasteiger partial charge in [0.1, 0.15) is 0 Å². The maximum absolute atomic E-state index is 12.6. The second kappa shape index (κ2) is 6.97. The number of fused-ring (bicyclic) bond motifs is 1. The number of hydrogen-bond acceptors (Lipinski definition) is 2. The number of benzene rings is 2. The van der Waals surface area contributed by atoms with E-state index in [0.29, 0.717) is 13.1 Å². The third-order valence-corrected chi connectivity index (χ3v) is 4.48. The molecule has 0 saturated heterocycles. The monoisotopic (exact) mass is 309 g/mol. The first-order chi connectivity index (χ1) is 11.2. The van der Waals surface area contributed by atoms with Gasteiger partial charge in [-0.05, 0) is 35.2 Å². The molecular formula is C20H23NO2. The van der Waals surface area contributed by atoms with E-state index in [-0.39, 0.29) is 5.91 Å². The van der Waals surface area contributed by atoms with Crippen LogP contribution in [0.1, 0.15) is 59.3 Å². The van der Waals surface area contributed by atoms with E-state index < -0.39 is 6.10 Å². The van der Waals surface area contributed by atoms with E-state index in [9.17, 15) is 9.90 Å². The average molecular weight is 309 g/mol. The molecule has 3 nitrogen and oxygen atoms in total. The predicted octanol–water partition coefficient (Wildman–Crippen LogP) is 4.07. The SMILES string of the molecule is CCCCC(O)c1ccc2c(c1)CN(C(=O)c1ccccc1)C2. The van der Waals surface area contributed by atoms with Crippen LogP contribution in [0.15, 0.2) is 48.5 Å². The van der Waals surface area contributed by atoms with Crippen molar-refractivity contribution >= 4 is 5.91 Å². The Morgan fingerprint density at radius 3 is 2.61 bits per heavy atom. The second-order valence-electron chi connectivity index (χ2n) is 6.21. The van der Waals surface area contributed by atoms with Gasteiger partial charge in [0.2, 0.25) is 0 Å². The zero-order valence-corrected chi connectivity index (χ0v) is 13.5. The van der Waals surface area contributed by atoms with Crippen molar-refractivity contribution in [3.8, 4) is 0 Å². The molecule has 0 saturated carbocycles. The molecule has 0 aromatic heterocycles. The van der Waals surface area contributed by atoms with E-state index in [1.54, 1.807) is 0 Å². The standard InChI is InChI=1S/C20H23NO2/c1-2-3-9-19(22)16-10-11-17-13-21(14-18(17)12-16)20(23)15-7-5-4-6-8-15/h4-8,10-12,19,22H,2-3,9,13-14H2,1H3. The van der Waals surface area contributed by atoms with Crippen LogP contribution < -0.4 is 0 Å². The fourth-order valence-corrected chi connectivity index (χ4v) is 3.09. The minimum Gasteiger partial charge on any atom is -0.388 e. The maximum atomic E-state index is 12.6. The molecule has 2 aromatic carbocycles. The highest BCUT2D eigenvalue weighted by Crippen LogP contribution is 2.28. The second-order valence-corrected chi connectivity index (χ2v) is 6.21. The van der Waals surface area contributed by atoms with Crippen LogP contribution in [0.4, 0.5) is 0 Å². The molecule has 1 heterocycles. The van der Waals surface area contributed by atoms with Crippen LogP contribution in [0.3, 0.4) is 0 Å². The van der Waals surface area contributed by atoms with Gasteiger partial charge < -0.3 is 10.0 Å². The van der Waals surface area contributed by atoms with E-state index >= 15 is 0 Å². The van der Waals surface area contributed by atoms with Gasteiger partial charge in [0, 0.05) is 18.7 Å². The molecule has 1 aliphatic heterocycles. The number of aliphatic hydroxyl groups excluding tert-OH is 1. The van der Waals surface area contributed by atoms with E-state index in [1.807, 2.05) is 41.3 Å². The van der Waals surface area contributed by atoms with Gasteiger partial charge in [0.15, 0.2) is 0 Å². The van der Waals surface area contributed by atoms with E-state index in [0.717, 1.165) is 36.0 Å². The highest BCUT2D eigenvalue weighted by Gasteiger charge is 2.24. The Morgan fingerprint density at radius 1 is 1.13 bits per heavy atom. The molecule has 0 fully saturated rings. The number of hydrogen-bond donors (Lipinski definition) is 1. The summed E-state index contributed by atoms with van der Waals surface area (Å²) in [5.74, 6) is 0.0647. The number of carbonyl (C=O) groups is 1. The van der Waals surface area contributed by atoms with Crippen LogP contribution in [0.2, 0.25) is 0 Å². The summed E-state index contributed by atoms with van der Waals surface area (Å²) < 4.78 is 0. The summed E-state index contributed by atoms with van der Waals surface area (Å²) in [6, 6.07) is 15.5. The molecule has 0 radical (unpaired) electrons. The van der Waals surface area contributed by atoms with Crippen LogP contribution in [0.25, 0.3) is 0 Å². The fraction of sp³-hybridized carbons (Fsp3) is 0.350. The molecule has 0 aliphatic carbocycles. The smallest absolute Gasteiger partial charge is 0.254 e.